The maximum atomic E-state index is 11.6. The van der Waals surface area contributed by atoms with Crippen LogP contribution in [0.5, 0.6) is 0 Å². The summed E-state index contributed by atoms with van der Waals surface area (Å²) in [6, 6.07) is 8.38. The number of anilines is 1. The highest BCUT2D eigenvalue weighted by Gasteiger charge is 2.32. The fourth-order valence-electron chi connectivity index (χ4n) is 1.67. The Morgan fingerprint density at radius 3 is 2.56 bits per heavy atom. The number of benzene rings is 1. The average molecular weight is 218 g/mol. The third-order valence-electron chi connectivity index (χ3n) is 2.97. The zero-order chi connectivity index (χ0) is 11.5. The molecule has 1 aromatic rings. The SMILES string of the molecule is Cc1ccc(NC(=O)CNC2CC2C)cc1. The van der Waals surface area contributed by atoms with Crippen LogP contribution in [0.1, 0.15) is 18.9 Å². The molecule has 0 aliphatic heterocycles. The van der Waals surface area contributed by atoms with Gasteiger partial charge < -0.3 is 10.6 Å². The maximum absolute atomic E-state index is 11.6. The van der Waals surface area contributed by atoms with Gasteiger partial charge in [-0.15, -0.1) is 0 Å². The smallest absolute Gasteiger partial charge is 0.238 e. The van der Waals surface area contributed by atoms with E-state index in [2.05, 4.69) is 17.6 Å². The van der Waals surface area contributed by atoms with E-state index in [4.69, 9.17) is 0 Å². The molecule has 2 rings (SSSR count). The lowest BCUT2D eigenvalue weighted by atomic mass is 10.2. The first kappa shape index (κ1) is 11.1. The number of carbonyl (C=O) groups is 1. The molecule has 1 aromatic carbocycles. The van der Waals surface area contributed by atoms with Crippen molar-refractivity contribution in [1.82, 2.24) is 5.32 Å². The van der Waals surface area contributed by atoms with Crippen LogP contribution in [0.3, 0.4) is 0 Å². The summed E-state index contributed by atoms with van der Waals surface area (Å²) in [5.41, 5.74) is 2.06. The Morgan fingerprint density at radius 1 is 1.38 bits per heavy atom. The molecule has 1 amide bonds. The Labute approximate surface area is 96.2 Å². The summed E-state index contributed by atoms with van der Waals surface area (Å²) in [7, 11) is 0. The third-order valence-corrected chi connectivity index (χ3v) is 2.97. The molecule has 0 heterocycles. The van der Waals surface area contributed by atoms with Crippen molar-refractivity contribution in [3.8, 4) is 0 Å². The highest BCUT2D eigenvalue weighted by molar-refractivity contribution is 5.92. The Kier molecular flexibility index (Phi) is 3.25. The number of carbonyl (C=O) groups excluding carboxylic acids is 1. The molecule has 0 saturated heterocycles. The van der Waals surface area contributed by atoms with E-state index >= 15 is 0 Å². The molecule has 2 atom stereocenters. The fraction of sp³-hybridized carbons (Fsp3) is 0.462. The fourth-order valence-corrected chi connectivity index (χ4v) is 1.67. The minimum atomic E-state index is 0.0305. The molecule has 16 heavy (non-hydrogen) atoms. The average Bonchev–Trinajstić information content (AvgIpc) is 2.95. The molecule has 86 valence electrons. The van der Waals surface area contributed by atoms with E-state index in [1.54, 1.807) is 0 Å². The van der Waals surface area contributed by atoms with Gasteiger partial charge in [0.15, 0.2) is 0 Å². The topological polar surface area (TPSA) is 41.1 Å². The van der Waals surface area contributed by atoms with Crippen molar-refractivity contribution in [1.29, 1.82) is 0 Å². The molecule has 0 aromatic heterocycles. The van der Waals surface area contributed by atoms with Crippen LogP contribution in [0.25, 0.3) is 0 Å². The molecule has 2 N–H and O–H groups in total. The highest BCUT2D eigenvalue weighted by Crippen LogP contribution is 2.28. The van der Waals surface area contributed by atoms with Crippen molar-refractivity contribution in [2.24, 2.45) is 5.92 Å². The quantitative estimate of drug-likeness (QED) is 0.810. The second-order valence-corrected chi connectivity index (χ2v) is 4.61. The summed E-state index contributed by atoms with van der Waals surface area (Å²) < 4.78 is 0. The van der Waals surface area contributed by atoms with Crippen LogP contribution in [0.4, 0.5) is 5.69 Å². The minimum Gasteiger partial charge on any atom is -0.325 e. The number of nitrogens with one attached hydrogen (secondary N) is 2. The lowest BCUT2D eigenvalue weighted by Gasteiger charge is -2.06. The van der Waals surface area contributed by atoms with Crippen molar-refractivity contribution in [2.45, 2.75) is 26.3 Å². The summed E-state index contributed by atoms with van der Waals surface area (Å²) in [6.45, 7) is 4.63. The molecule has 0 bridgehead atoms. The van der Waals surface area contributed by atoms with Gasteiger partial charge in [-0.3, -0.25) is 4.79 Å². The number of aryl methyl sites for hydroxylation is 1. The Morgan fingerprint density at radius 2 is 2.00 bits per heavy atom. The first-order chi connectivity index (χ1) is 7.65. The van der Waals surface area contributed by atoms with E-state index in [0.29, 0.717) is 12.6 Å². The van der Waals surface area contributed by atoms with Crippen LogP contribution in [0.2, 0.25) is 0 Å². The lowest BCUT2D eigenvalue weighted by molar-refractivity contribution is -0.115. The summed E-state index contributed by atoms with van der Waals surface area (Å²) in [5.74, 6) is 0.759. The van der Waals surface area contributed by atoms with Gasteiger partial charge in [-0.25, -0.2) is 0 Å². The second-order valence-electron chi connectivity index (χ2n) is 4.61. The predicted molar refractivity (Wildman–Crippen MR) is 65.4 cm³/mol. The normalized spacial score (nSPS) is 22.9. The van der Waals surface area contributed by atoms with Gasteiger partial charge in [-0.05, 0) is 31.4 Å². The molecule has 1 aliphatic carbocycles. The van der Waals surface area contributed by atoms with Crippen LogP contribution in [0, 0.1) is 12.8 Å². The molecule has 2 unspecified atom stereocenters. The van der Waals surface area contributed by atoms with E-state index in [0.717, 1.165) is 11.6 Å². The van der Waals surface area contributed by atoms with E-state index in [1.807, 2.05) is 31.2 Å². The van der Waals surface area contributed by atoms with Gasteiger partial charge in [-0.2, -0.15) is 0 Å². The number of hydrogen-bond acceptors (Lipinski definition) is 2. The predicted octanol–water partition coefficient (Wildman–Crippen LogP) is 1.93. The van der Waals surface area contributed by atoms with Crippen molar-refractivity contribution in [2.75, 3.05) is 11.9 Å². The first-order valence-electron chi connectivity index (χ1n) is 5.75. The zero-order valence-electron chi connectivity index (χ0n) is 9.79. The van der Waals surface area contributed by atoms with Crippen LogP contribution >= 0.6 is 0 Å². The van der Waals surface area contributed by atoms with Gasteiger partial charge >= 0.3 is 0 Å². The summed E-state index contributed by atoms with van der Waals surface area (Å²) >= 11 is 0. The zero-order valence-corrected chi connectivity index (χ0v) is 9.79. The molecule has 0 radical (unpaired) electrons. The van der Waals surface area contributed by atoms with Gasteiger partial charge in [0.1, 0.15) is 0 Å². The molecule has 3 heteroatoms. The molecule has 0 spiro atoms. The Bertz CT molecular complexity index is 372. The van der Waals surface area contributed by atoms with Crippen LogP contribution in [-0.2, 0) is 4.79 Å². The maximum Gasteiger partial charge on any atom is 0.238 e. The van der Waals surface area contributed by atoms with E-state index < -0.39 is 0 Å². The molecular weight excluding hydrogens is 200 g/mol. The van der Waals surface area contributed by atoms with Gasteiger partial charge in [0.2, 0.25) is 5.91 Å². The minimum absolute atomic E-state index is 0.0305. The third kappa shape index (κ3) is 3.07. The molecule has 1 aliphatic rings. The monoisotopic (exact) mass is 218 g/mol. The summed E-state index contributed by atoms with van der Waals surface area (Å²) in [4.78, 5) is 11.6. The molecule has 3 nitrogen and oxygen atoms in total. The van der Waals surface area contributed by atoms with Crippen molar-refractivity contribution >= 4 is 11.6 Å². The van der Waals surface area contributed by atoms with E-state index in [-0.39, 0.29) is 5.91 Å². The largest absolute Gasteiger partial charge is 0.325 e. The van der Waals surface area contributed by atoms with E-state index in [1.165, 1.54) is 12.0 Å². The summed E-state index contributed by atoms with van der Waals surface area (Å²) in [6.07, 6.45) is 1.19. The highest BCUT2D eigenvalue weighted by atomic mass is 16.1. The van der Waals surface area contributed by atoms with Crippen LogP contribution in [-0.4, -0.2) is 18.5 Å². The number of amides is 1. The second kappa shape index (κ2) is 4.66. The Balaban J connectivity index is 1.76. The van der Waals surface area contributed by atoms with Crippen molar-refractivity contribution < 1.29 is 4.79 Å². The standard InChI is InChI=1S/C13H18N2O/c1-9-3-5-11(6-4-9)15-13(16)8-14-12-7-10(12)2/h3-6,10,12,14H,7-8H2,1-2H3,(H,15,16). The molecule has 1 saturated carbocycles. The number of rotatable bonds is 4. The lowest BCUT2D eigenvalue weighted by Crippen LogP contribution is -2.30. The molecular formula is C13H18N2O. The van der Waals surface area contributed by atoms with Gasteiger partial charge in [-0.1, -0.05) is 24.6 Å². The Hall–Kier alpha value is -1.35. The van der Waals surface area contributed by atoms with Gasteiger partial charge in [0.25, 0.3) is 0 Å². The van der Waals surface area contributed by atoms with E-state index in [9.17, 15) is 4.79 Å². The van der Waals surface area contributed by atoms with Gasteiger partial charge in [0, 0.05) is 11.7 Å². The van der Waals surface area contributed by atoms with Crippen LogP contribution < -0.4 is 10.6 Å². The summed E-state index contributed by atoms with van der Waals surface area (Å²) in [5, 5.41) is 6.09. The van der Waals surface area contributed by atoms with Crippen LogP contribution in [0.15, 0.2) is 24.3 Å². The number of hydrogen-bond donors (Lipinski definition) is 2. The van der Waals surface area contributed by atoms with Gasteiger partial charge in [0.05, 0.1) is 6.54 Å². The first-order valence-corrected chi connectivity index (χ1v) is 5.75. The van der Waals surface area contributed by atoms with Crippen molar-refractivity contribution in [3.63, 3.8) is 0 Å². The van der Waals surface area contributed by atoms with Crippen molar-refractivity contribution in [3.05, 3.63) is 29.8 Å². The molecule has 1 fully saturated rings.